The summed E-state index contributed by atoms with van der Waals surface area (Å²) in [5.41, 5.74) is 0. The minimum absolute atomic E-state index is 0.0000463. The fourth-order valence-corrected chi connectivity index (χ4v) is 4.02. The van der Waals surface area contributed by atoms with Gasteiger partial charge in [-0.1, -0.05) is 0 Å². The molecule has 3 rings (SSSR count). The van der Waals surface area contributed by atoms with Crippen LogP contribution >= 0.6 is 0 Å². The molecule has 1 heterocycles. The van der Waals surface area contributed by atoms with Gasteiger partial charge in [-0.25, -0.2) is 0 Å². The molecule has 6 atom stereocenters. The molecule has 0 amide bonds. The van der Waals surface area contributed by atoms with Crippen LogP contribution < -0.4 is 0 Å². The van der Waals surface area contributed by atoms with Gasteiger partial charge in [-0.05, 0) is 6.42 Å². The number of carbonyl (C=O) groups is 3. The highest BCUT2D eigenvalue weighted by molar-refractivity contribution is 5.77. The Morgan fingerprint density at radius 1 is 1.16 bits per heavy atom. The maximum Gasteiger partial charge on any atom is 0.309 e. The van der Waals surface area contributed by atoms with Crippen LogP contribution in [-0.2, 0) is 28.6 Å². The second-order valence-electron chi connectivity index (χ2n) is 5.52. The Labute approximate surface area is 110 Å². The van der Waals surface area contributed by atoms with Crippen molar-refractivity contribution in [2.45, 2.75) is 32.5 Å². The largest absolute Gasteiger partial charge is 0.465 e. The van der Waals surface area contributed by atoms with Crippen molar-refractivity contribution in [3.8, 4) is 0 Å². The number of cyclic esters (lactones) is 1. The first kappa shape index (κ1) is 12.4. The van der Waals surface area contributed by atoms with Crippen molar-refractivity contribution in [1.29, 1.82) is 0 Å². The van der Waals surface area contributed by atoms with E-state index in [1.807, 2.05) is 0 Å². The Morgan fingerprint density at radius 3 is 2.47 bits per heavy atom. The molecule has 0 spiro atoms. The van der Waals surface area contributed by atoms with E-state index >= 15 is 0 Å². The van der Waals surface area contributed by atoms with Crippen molar-refractivity contribution in [3.05, 3.63) is 0 Å². The van der Waals surface area contributed by atoms with Gasteiger partial charge in [0.2, 0.25) is 0 Å². The molecular formula is C13H16O6. The van der Waals surface area contributed by atoms with Gasteiger partial charge in [-0.2, -0.15) is 0 Å². The highest BCUT2D eigenvalue weighted by Gasteiger charge is 2.66. The summed E-state index contributed by atoms with van der Waals surface area (Å²) in [6.45, 7) is 3.05. The molecule has 2 aliphatic carbocycles. The van der Waals surface area contributed by atoms with Crippen LogP contribution in [0.3, 0.4) is 0 Å². The van der Waals surface area contributed by atoms with Crippen molar-refractivity contribution >= 4 is 17.9 Å². The molecule has 0 radical (unpaired) electrons. The van der Waals surface area contributed by atoms with E-state index in [1.165, 1.54) is 13.8 Å². The fraction of sp³-hybridized carbons (Fsp3) is 0.769. The fourth-order valence-electron chi connectivity index (χ4n) is 4.02. The van der Waals surface area contributed by atoms with E-state index in [0.717, 1.165) is 0 Å². The second kappa shape index (κ2) is 4.21. The van der Waals surface area contributed by atoms with Crippen molar-refractivity contribution < 1.29 is 28.6 Å². The lowest BCUT2D eigenvalue weighted by Crippen LogP contribution is -2.35. The number of carbonyl (C=O) groups excluding carboxylic acids is 3. The van der Waals surface area contributed by atoms with E-state index in [-0.39, 0.29) is 53.8 Å². The van der Waals surface area contributed by atoms with Gasteiger partial charge in [0.05, 0.1) is 12.5 Å². The van der Waals surface area contributed by atoms with E-state index in [0.29, 0.717) is 13.0 Å². The molecule has 104 valence electrons. The highest BCUT2D eigenvalue weighted by atomic mass is 16.6. The minimum atomic E-state index is -0.364. The predicted octanol–water partition coefficient (Wildman–Crippen LogP) is 0.289. The number of esters is 3. The SMILES string of the molecule is CC(=O)O[C@@H]1[C@H]2C[C@@H](OC(C)=O)[C@H]1[C@@H]1COC(=O)[C@@H]21. The third-order valence-electron chi connectivity index (χ3n) is 4.46. The summed E-state index contributed by atoms with van der Waals surface area (Å²) in [5.74, 6) is -1.33. The number of fused-ring (bicyclic) bond motifs is 5. The molecular weight excluding hydrogens is 252 g/mol. The topological polar surface area (TPSA) is 78.9 Å². The van der Waals surface area contributed by atoms with Crippen LogP contribution in [0.5, 0.6) is 0 Å². The lowest BCUT2D eigenvalue weighted by Gasteiger charge is -2.27. The highest BCUT2D eigenvalue weighted by Crippen LogP contribution is 2.57. The van der Waals surface area contributed by atoms with Crippen molar-refractivity contribution in [3.63, 3.8) is 0 Å². The van der Waals surface area contributed by atoms with E-state index < -0.39 is 0 Å². The molecule has 6 heteroatoms. The van der Waals surface area contributed by atoms with E-state index in [2.05, 4.69) is 0 Å². The Bertz CT molecular complexity index is 444. The number of hydrogen-bond donors (Lipinski definition) is 0. The second-order valence-corrected chi connectivity index (χ2v) is 5.52. The minimum Gasteiger partial charge on any atom is -0.465 e. The third-order valence-corrected chi connectivity index (χ3v) is 4.46. The lowest BCUT2D eigenvalue weighted by molar-refractivity contribution is -0.155. The van der Waals surface area contributed by atoms with Gasteiger partial charge >= 0.3 is 17.9 Å². The zero-order valence-electron chi connectivity index (χ0n) is 10.8. The summed E-state index contributed by atoms with van der Waals surface area (Å²) in [6, 6.07) is 0. The first-order valence-corrected chi connectivity index (χ1v) is 6.50. The van der Waals surface area contributed by atoms with Gasteiger partial charge in [0.1, 0.15) is 12.2 Å². The van der Waals surface area contributed by atoms with Crippen LogP contribution in [0.1, 0.15) is 20.3 Å². The van der Waals surface area contributed by atoms with Gasteiger partial charge in [0.15, 0.2) is 0 Å². The molecule has 0 unspecified atom stereocenters. The standard InChI is InChI=1S/C13H16O6/c1-5(14)18-9-3-7-10-8(4-17-13(10)16)11(9)12(7)19-6(2)15/h7-12H,3-4H2,1-2H3/t7-,8+,9+,10-,11+,12+/m0/s1. The van der Waals surface area contributed by atoms with Crippen molar-refractivity contribution in [1.82, 2.24) is 0 Å². The molecule has 0 aromatic heterocycles. The van der Waals surface area contributed by atoms with E-state index in [1.54, 1.807) is 0 Å². The summed E-state index contributed by atoms with van der Waals surface area (Å²) in [5, 5.41) is 0. The average molecular weight is 268 g/mol. The monoisotopic (exact) mass is 268 g/mol. The lowest BCUT2D eigenvalue weighted by atomic mass is 9.80. The normalized spacial score (nSPS) is 42.7. The third kappa shape index (κ3) is 1.81. The Balaban J connectivity index is 1.85. The smallest absolute Gasteiger partial charge is 0.309 e. The first-order chi connectivity index (χ1) is 8.99. The van der Waals surface area contributed by atoms with Crippen LogP contribution in [0.2, 0.25) is 0 Å². The van der Waals surface area contributed by atoms with Gasteiger partial charge in [-0.15, -0.1) is 0 Å². The molecule has 3 aliphatic rings. The van der Waals surface area contributed by atoms with Crippen LogP contribution in [-0.4, -0.2) is 36.7 Å². The quantitative estimate of drug-likeness (QED) is 0.529. The maximum atomic E-state index is 11.7. The molecule has 2 bridgehead atoms. The molecule has 6 nitrogen and oxygen atoms in total. The van der Waals surface area contributed by atoms with Gasteiger partial charge in [0.25, 0.3) is 0 Å². The Kier molecular flexibility index (Phi) is 2.76. The zero-order chi connectivity index (χ0) is 13.7. The number of rotatable bonds is 2. The molecule has 3 fully saturated rings. The molecule has 1 aliphatic heterocycles. The molecule has 0 aromatic carbocycles. The van der Waals surface area contributed by atoms with Gasteiger partial charge in [-0.3, -0.25) is 14.4 Å². The van der Waals surface area contributed by atoms with Crippen LogP contribution in [0.25, 0.3) is 0 Å². The molecule has 0 aromatic rings. The molecule has 19 heavy (non-hydrogen) atoms. The van der Waals surface area contributed by atoms with Crippen LogP contribution in [0, 0.1) is 23.7 Å². The zero-order valence-corrected chi connectivity index (χ0v) is 10.8. The molecule has 2 saturated carbocycles. The number of hydrogen-bond acceptors (Lipinski definition) is 6. The maximum absolute atomic E-state index is 11.7. The van der Waals surface area contributed by atoms with E-state index in [4.69, 9.17) is 14.2 Å². The average Bonchev–Trinajstić information content (AvgIpc) is 2.89. The Hall–Kier alpha value is -1.59. The summed E-state index contributed by atoms with van der Waals surface area (Å²) >= 11 is 0. The van der Waals surface area contributed by atoms with Gasteiger partial charge < -0.3 is 14.2 Å². The molecule has 0 N–H and O–H groups in total. The van der Waals surface area contributed by atoms with Crippen molar-refractivity contribution in [2.24, 2.45) is 23.7 Å². The summed E-state index contributed by atoms with van der Waals surface area (Å²) in [7, 11) is 0. The Morgan fingerprint density at radius 2 is 1.84 bits per heavy atom. The van der Waals surface area contributed by atoms with E-state index in [9.17, 15) is 14.4 Å². The molecule has 1 saturated heterocycles. The summed E-state index contributed by atoms with van der Waals surface area (Å²) in [6.07, 6.45) is -0.0364. The van der Waals surface area contributed by atoms with Crippen LogP contribution in [0.15, 0.2) is 0 Å². The van der Waals surface area contributed by atoms with Gasteiger partial charge in [0, 0.05) is 31.6 Å². The summed E-state index contributed by atoms with van der Waals surface area (Å²) < 4.78 is 15.7. The summed E-state index contributed by atoms with van der Waals surface area (Å²) in [4.78, 5) is 34.1. The van der Waals surface area contributed by atoms with Crippen molar-refractivity contribution in [2.75, 3.05) is 6.61 Å². The van der Waals surface area contributed by atoms with Crippen LogP contribution in [0.4, 0.5) is 0 Å². The predicted molar refractivity (Wildman–Crippen MR) is 60.6 cm³/mol. The first-order valence-electron chi connectivity index (χ1n) is 6.50. The number of ether oxygens (including phenoxy) is 3.